The number of hydrogen-bond acceptors (Lipinski definition) is 2. The maximum absolute atomic E-state index is 13.6. The normalized spacial score (nSPS) is 14.7. The maximum Gasteiger partial charge on any atom is 0.240 e. The molecule has 0 unspecified atom stereocenters. The van der Waals surface area contributed by atoms with E-state index in [1.165, 1.54) is 11.6 Å². The molecule has 0 atom stereocenters. The standard InChI is InChI=1S/C22H25FN2O2/c1-15(2)16-7-9-18(10-8-16)25-21(27)22(12-13-22)20(26)24-14-11-17-5-3-4-6-19(17)23/h3-10,15H,11-14H2,1-2H3,(H,24,26)(H,25,27). The van der Waals surface area contributed by atoms with Gasteiger partial charge in [0.25, 0.3) is 0 Å². The number of halogens is 1. The van der Waals surface area contributed by atoms with Crippen molar-refractivity contribution in [1.29, 1.82) is 0 Å². The summed E-state index contributed by atoms with van der Waals surface area (Å²) < 4.78 is 13.6. The summed E-state index contributed by atoms with van der Waals surface area (Å²) in [5.41, 5.74) is 1.44. The summed E-state index contributed by atoms with van der Waals surface area (Å²) in [5, 5.41) is 5.63. The van der Waals surface area contributed by atoms with Crippen LogP contribution in [0.3, 0.4) is 0 Å². The van der Waals surface area contributed by atoms with Gasteiger partial charge in [-0.1, -0.05) is 44.2 Å². The molecule has 1 aliphatic rings. The fraction of sp³-hybridized carbons (Fsp3) is 0.364. The summed E-state index contributed by atoms with van der Waals surface area (Å²) in [4.78, 5) is 25.1. The van der Waals surface area contributed by atoms with E-state index < -0.39 is 5.41 Å². The van der Waals surface area contributed by atoms with Crippen molar-refractivity contribution in [1.82, 2.24) is 5.32 Å². The Morgan fingerprint density at radius 2 is 1.70 bits per heavy atom. The third-order valence-corrected chi connectivity index (χ3v) is 5.09. The number of rotatable bonds is 7. The van der Waals surface area contributed by atoms with E-state index in [0.29, 0.717) is 43.0 Å². The third kappa shape index (κ3) is 4.35. The number of amides is 2. The summed E-state index contributed by atoms with van der Waals surface area (Å²) in [6, 6.07) is 14.2. The zero-order valence-electron chi connectivity index (χ0n) is 15.7. The summed E-state index contributed by atoms with van der Waals surface area (Å²) in [5.74, 6) is -0.418. The lowest BCUT2D eigenvalue weighted by Gasteiger charge is -2.16. The van der Waals surface area contributed by atoms with Crippen LogP contribution in [0.15, 0.2) is 48.5 Å². The molecule has 142 valence electrons. The summed E-state index contributed by atoms with van der Waals surface area (Å²) >= 11 is 0. The van der Waals surface area contributed by atoms with Crippen LogP contribution in [0, 0.1) is 11.2 Å². The monoisotopic (exact) mass is 368 g/mol. The fourth-order valence-corrected chi connectivity index (χ4v) is 3.07. The predicted molar refractivity (Wildman–Crippen MR) is 104 cm³/mol. The molecule has 4 nitrogen and oxygen atoms in total. The lowest BCUT2D eigenvalue weighted by molar-refractivity contribution is -0.134. The highest BCUT2D eigenvalue weighted by atomic mass is 19.1. The van der Waals surface area contributed by atoms with E-state index in [4.69, 9.17) is 0 Å². The molecule has 27 heavy (non-hydrogen) atoms. The first-order chi connectivity index (χ1) is 12.9. The van der Waals surface area contributed by atoms with E-state index in [1.807, 2.05) is 24.3 Å². The number of nitrogens with one attached hydrogen (secondary N) is 2. The van der Waals surface area contributed by atoms with Gasteiger partial charge in [0.15, 0.2) is 0 Å². The van der Waals surface area contributed by atoms with E-state index >= 15 is 0 Å². The van der Waals surface area contributed by atoms with Crippen LogP contribution in [0.1, 0.15) is 43.7 Å². The zero-order chi connectivity index (χ0) is 19.4. The van der Waals surface area contributed by atoms with Crippen LogP contribution in [0.25, 0.3) is 0 Å². The Balaban J connectivity index is 1.54. The van der Waals surface area contributed by atoms with E-state index in [0.717, 1.165) is 0 Å². The Morgan fingerprint density at radius 3 is 2.30 bits per heavy atom. The Bertz CT molecular complexity index is 826. The van der Waals surface area contributed by atoms with Gasteiger partial charge < -0.3 is 10.6 Å². The molecule has 0 bridgehead atoms. The second kappa shape index (κ2) is 7.91. The van der Waals surface area contributed by atoms with Gasteiger partial charge >= 0.3 is 0 Å². The van der Waals surface area contributed by atoms with Crippen LogP contribution >= 0.6 is 0 Å². The molecule has 2 amide bonds. The van der Waals surface area contributed by atoms with Crippen LogP contribution in [0.2, 0.25) is 0 Å². The summed E-state index contributed by atoms with van der Waals surface area (Å²) in [6.45, 7) is 4.52. The minimum atomic E-state index is -0.994. The average molecular weight is 368 g/mol. The highest BCUT2D eigenvalue weighted by Gasteiger charge is 2.56. The zero-order valence-corrected chi connectivity index (χ0v) is 15.7. The van der Waals surface area contributed by atoms with Crippen molar-refractivity contribution in [3.8, 4) is 0 Å². The average Bonchev–Trinajstić information content (AvgIpc) is 3.46. The minimum absolute atomic E-state index is 0.275. The van der Waals surface area contributed by atoms with Crippen LogP contribution in [-0.4, -0.2) is 18.4 Å². The lowest BCUT2D eigenvalue weighted by atomic mass is 10.0. The minimum Gasteiger partial charge on any atom is -0.355 e. The maximum atomic E-state index is 13.6. The van der Waals surface area contributed by atoms with Gasteiger partial charge in [0.2, 0.25) is 11.8 Å². The first kappa shape index (κ1) is 19.1. The molecule has 0 aliphatic heterocycles. The molecule has 1 saturated carbocycles. The van der Waals surface area contributed by atoms with Crippen LogP contribution in [-0.2, 0) is 16.0 Å². The second-order valence-electron chi connectivity index (χ2n) is 7.41. The fourth-order valence-electron chi connectivity index (χ4n) is 3.07. The summed E-state index contributed by atoms with van der Waals surface area (Å²) in [7, 11) is 0. The van der Waals surface area contributed by atoms with Crippen LogP contribution in [0.5, 0.6) is 0 Å². The van der Waals surface area contributed by atoms with Crippen molar-refractivity contribution < 1.29 is 14.0 Å². The third-order valence-electron chi connectivity index (χ3n) is 5.09. The Kier molecular flexibility index (Phi) is 5.59. The van der Waals surface area contributed by atoms with Gasteiger partial charge in [-0.05, 0) is 54.5 Å². The van der Waals surface area contributed by atoms with Crippen molar-refractivity contribution in [3.05, 3.63) is 65.5 Å². The molecule has 0 saturated heterocycles. The lowest BCUT2D eigenvalue weighted by Crippen LogP contribution is -2.40. The van der Waals surface area contributed by atoms with Crippen LogP contribution < -0.4 is 10.6 Å². The van der Waals surface area contributed by atoms with Gasteiger partial charge in [0.05, 0.1) is 0 Å². The highest BCUT2D eigenvalue weighted by molar-refractivity contribution is 6.13. The van der Waals surface area contributed by atoms with E-state index in [9.17, 15) is 14.0 Å². The predicted octanol–water partition coefficient (Wildman–Crippen LogP) is 4.03. The van der Waals surface area contributed by atoms with E-state index in [1.54, 1.807) is 18.2 Å². The van der Waals surface area contributed by atoms with Crippen molar-refractivity contribution >= 4 is 17.5 Å². The smallest absolute Gasteiger partial charge is 0.240 e. The SMILES string of the molecule is CC(C)c1ccc(NC(=O)C2(C(=O)NCCc3ccccc3F)CC2)cc1. The van der Waals surface area contributed by atoms with Gasteiger partial charge in [-0.2, -0.15) is 0 Å². The Labute approximate surface area is 159 Å². The van der Waals surface area contributed by atoms with Gasteiger partial charge in [0.1, 0.15) is 11.2 Å². The second-order valence-corrected chi connectivity index (χ2v) is 7.41. The molecule has 3 rings (SSSR count). The topological polar surface area (TPSA) is 58.2 Å². The van der Waals surface area contributed by atoms with E-state index in [2.05, 4.69) is 24.5 Å². The molecule has 0 radical (unpaired) electrons. The van der Waals surface area contributed by atoms with Gasteiger partial charge in [-0.15, -0.1) is 0 Å². The van der Waals surface area contributed by atoms with Crippen molar-refractivity contribution in [2.75, 3.05) is 11.9 Å². The first-order valence-corrected chi connectivity index (χ1v) is 9.35. The number of benzene rings is 2. The Hall–Kier alpha value is -2.69. The summed E-state index contributed by atoms with van der Waals surface area (Å²) in [6.07, 6.45) is 1.47. The number of carbonyl (C=O) groups is 2. The van der Waals surface area contributed by atoms with Gasteiger partial charge in [-0.25, -0.2) is 4.39 Å². The Morgan fingerprint density at radius 1 is 1.04 bits per heavy atom. The number of anilines is 1. The molecule has 0 heterocycles. The highest BCUT2D eigenvalue weighted by Crippen LogP contribution is 2.46. The van der Waals surface area contributed by atoms with E-state index in [-0.39, 0.29) is 17.6 Å². The molecule has 5 heteroatoms. The molecule has 0 spiro atoms. The van der Waals surface area contributed by atoms with Gasteiger partial charge in [0, 0.05) is 12.2 Å². The van der Waals surface area contributed by atoms with Crippen molar-refractivity contribution in [2.24, 2.45) is 5.41 Å². The molecule has 2 aromatic rings. The number of hydrogen-bond donors (Lipinski definition) is 2. The van der Waals surface area contributed by atoms with Gasteiger partial charge in [-0.3, -0.25) is 9.59 Å². The molecular formula is C22H25FN2O2. The number of carbonyl (C=O) groups excluding carboxylic acids is 2. The molecular weight excluding hydrogens is 343 g/mol. The largest absolute Gasteiger partial charge is 0.355 e. The van der Waals surface area contributed by atoms with Crippen LogP contribution in [0.4, 0.5) is 10.1 Å². The van der Waals surface area contributed by atoms with Crippen molar-refractivity contribution in [2.45, 2.75) is 39.0 Å². The quantitative estimate of drug-likeness (QED) is 0.725. The molecule has 2 aromatic carbocycles. The molecule has 2 N–H and O–H groups in total. The molecule has 0 aromatic heterocycles. The first-order valence-electron chi connectivity index (χ1n) is 9.35. The van der Waals surface area contributed by atoms with Crippen molar-refractivity contribution in [3.63, 3.8) is 0 Å². The molecule has 1 fully saturated rings. The molecule has 1 aliphatic carbocycles.